The molecule has 0 saturated carbocycles. The van der Waals surface area contributed by atoms with Crippen molar-refractivity contribution in [2.45, 2.75) is 6.42 Å². The molecule has 0 aliphatic carbocycles. The Morgan fingerprint density at radius 1 is 1.00 bits per heavy atom. The van der Waals surface area contributed by atoms with Crippen molar-refractivity contribution in [3.63, 3.8) is 0 Å². The normalized spacial score (nSPS) is 14.4. The summed E-state index contributed by atoms with van der Waals surface area (Å²) in [6.07, 6.45) is 0.542. The first-order valence-corrected chi connectivity index (χ1v) is 9.43. The molecule has 2 aromatic carbocycles. The van der Waals surface area contributed by atoms with Crippen LogP contribution >= 0.6 is 12.2 Å². The molecule has 1 fully saturated rings. The maximum Gasteiger partial charge on any atom is 0.257 e. The van der Waals surface area contributed by atoms with Crippen LogP contribution in [-0.4, -0.2) is 53.5 Å². The molecular formula is C21H22N4OS. The van der Waals surface area contributed by atoms with Crippen molar-refractivity contribution >= 4 is 23.2 Å². The Balaban J connectivity index is 1.53. The highest BCUT2D eigenvalue weighted by atomic mass is 32.1. The standard InChI is InChI=1S/C21H22N4OS/c22-11-4-12-24-13-15-25(16-14-24)21(27)23-20(26)19-9-7-18(8-10-19)17-5-2-1-3-6-17/h1-3,5-10H,4,12-16H2,(H,23,26,27). The lowest BCUT2D eigenvalue weighted by Gasteiger charge is -2.35. The summed E-state index contributed by atoms with van der Waals surface area (Å²) in [6, 6.07) is 19.8. The number of carbonyl (C=O) groups excluding carboxylic acids is 1. The molecule has 27 heavy (non-hydrogen) atoms. The number of carbonyl (C=O) groups is 1. The lowest BCUT2D eigenvalue weighted by Crippen LogP contribution is -2.52. The zero-order valence-electron chi connectivity index (χ0n) is 15.1. The van der Waals surface area contributed by atoms with E-state index in [0.717, 1.165) is 43.9 Å². The number of hydrogen-bond donors (Lipinski definition) is 1. The number of hydrogen-bond acceptors (Lipinski definition) is 4. The molecule has 3 rings (SSSR count). The predicted octanol–water partition coefficient (Wildman–Crippen LogP) is 2.90. The van der Waals surface area contributed by atoms with Crippen molar-refractivity contribution in [1.82, 2.24) is 15.1 Å². The lowest BCUT2D eigenvalue weighted by atomic mass is 10.0. The van der Waals surface area contributed by atoms with Crippen LogP contribution in [0.1, 0.15) is 16.8 Å². The summed E-state index contributed by atoms with van der Waals surface area (Å²) in [4.78, 5) is 16.7. The Labute approximate surface area is 165 Å². The molecule has 0 spiro atoms. The maximum atomic E-state index is 12.5. The molecule has 1 aliphatic heterocycles. The van der Waals surface area contributed by atoms with Crippen LogP contribution in [0.25, 0.3) is 11.1 Å². The fourth-order valence-electron chi connectivity index (χ4n) is 3.08. The summed E-state index contributed by atoms with van der Waals surface area (Å²) < 4.78 is 0. The van der Waals surface area contributed by atoms with Crippen LogP contribution in [0.5, 0.6) is 0 Å². The van der Waals surface area contributed by atoms with E-state index in [-0.39, 0.29) is 5.91 Å². The highest BCUT2D eigenvalue weighted by Gasteiger charge is 2.20. The topological polar surface area (TPSA) is 59.4 Å². The molecule has 0 aromatic heterocycles. The molecule has 1 heterocycles. The molecule has 6 heteroatoms. The van der Waals surface area contributed by atoms with E-state index in [9.17, 15) is 4.79 Å². The fourth-order valence-corrected chi connectivity index (χ4v) is 3.35. The molecule has 1 aliphatic rings. The SMILES string of the molecule is N#CCCN1CCN(C(=S)NC(=O)c2ccc(-c3ccccc3)cc2)CC1. The van der Waals surface area contributed by atoms with Crippen molar-refractivity contribution < 1.29 is 4.79 Å². The van der Waals surface area contributed by atoms with Crippen molar-refractivity contribution in [2.24, 2.45) is 0 Å². The third-order valence-corrected chi connectivity index (χ3v) is 5.03. The predicted molar refractivity (Wildman–Crippen MR) is 110 cm³/mol. The molecule has 1 saturated heterocycles. The zero-order valence-corrected chi connectivity index (χ0v) is 15.9. The second-order valence-corrected chi connectivity index (χ2v) is 6.83. The smallest absolute Gasteiger partial charge is 0.257 e. The van der Waals surface area contributed by atoms with Crippen molar-refractivity contribution in [3.05, 3.63) is 60.2 Å². The fraction of sp³-hybridized carbons (Fsp3) is 0.286. The Bertz CT molecular complexity index is 822. The Kier molecular flexibility index (Phi) is 6.53. The number of thiocarbonyl (C=S) groups is 1. The summed E-state index contributed by atoms with van der Waals surface area (Å²) in [5.74, 6) is -0.188. The first-order chi connectivity index (χ1) is 13.2. The molecule has 1 amide bonds. The largest absolute Gasteiger partial charge is 0.346 e. The van der Waals surface area contributed by atoms with Gasteiger partial charge in [0.15, 0.2) is 5.11 Å². The minimum absolute atomic E-state index is 0.188. The van der Waals surface area contributed by atoms with Crippen LogP contribution < -0.4 is 5.32 Å². The van der Waals surface area contributed by atoms with E-state index >= 15 is 0 Å². The summed E-state index contributed by atoms with van der Waals surface area (Å²) in [5.41, 5.74) is 2.78. The number of nitriles is 1. The van der Waals surface area contributed by atoms with Crippen LogP contribution in [0.2, 0.25) is 0 Å². The molecule has 0 unspecified atom stereocenters. The molecule has 2 aromatic rings. The van der Waals surface area contributed by atoms with Crippen LogP contribution in [0.3, 0.4) is 0 Å². The average Bonchev–Trinajstić information content (AvgIpc) is 2.73. The van der Waals surface area contributed by atoms with Gasteiger partial charge >= 0.3 is 0 Å². The number of rotatable bonds is 4. The van der Waals surface area contributed by atoms with Gasteiger partial charge in [0.25, 0.3) is 5.91 Å². The first kappa shape index (κ1) is 19.0. The van der Waals surface area contributed by atoms with Gasteiger partial charge in [-0.05, 0) is 35.5 Å². The third-order valence-electron chi connectivity index (χ3n) is 4.67. The molecule has 5 nitrogen and oxygen atoms in total. The minimum Gasteiger partial charge on any atom is -0.346 e. The quantitative estimate of drug-likeness (QED) is 0.829. The van der Waals surface area contributed by atoms with E-state index in [0.29, 0.717) is 17.1 Å². The first-order valence-electron chi connectivity index (χ1n) is 9.02. The Hall–Kier alpha value is -2.75. The number of nitrogens with zero attached hydrogens (tertiary/aromatic N) is 3. The Morgan fingerprint density at radius 2 is 1.63 bits per heavy atom. The molecule has 138 valence electrons. The highest BCUT2D eigenvalue weighted by Crippen LogP contribution is 2.19. The van der Waals surface area contributed by atoms with Gasteiger partial charge < -0.3 is 4.90 Å². The van der Waals surface area contributed by atoms with Crippen molar-refractivity contribution in [1.29, 1.82) is 5.26 Å². The molecule has 1 N–H and O–H groups in total. The lowest BCUT2D eigenvalue weighted by molar-refractivity contribution is 0.0969. The van der Waals surface area contributed by atoms with Crippen LogP contribution in [-0.2, 0) is 0 Å². The summed E-state index contributed by atoms with van der Waals surface area (Å²) in [6.45, 7) is 4.01. The molecular weight excluding hydrogens is 356 g/mol. The maximum absolute atomic E-state index is 12.5. The van der Waals surface area contributed by atoms with Gasteiger partial charge in [0.2, 0.25) is 0 Å². The van der Waals surface area contributed by atoms with E-state index in [1.54, 1.807) is 0 Å². The van der Waals surface area contributed by atoms with E-state index in [2.05, 4.69) is 16.3 Å². The Morgan fingerprint density at radius 3 is 2.26 bits per heavy atom. The van der Waals surface area contributed by atoms with Gasteiger partial charge in [0, 0.05) is 44.7 Å². The van der Waals surface area contributed by atoms with Crippen molar-refractivity contribution in [3.8, 4) is 17.2 Å². The van der Waals surface area contributed by atoms with E-state index in [1.807, 2.05) is 59.5 Å². The van der Waals surface area contributed by atoms with Gasteiger partial charge in [0.05, 0.1) is 6.07 Å². The third kappa shape index (κ3) is 5.13. The van der Waals surface area contributed by atoms with Crippen LogP contribution in [0.4, 0.5) is 0 Å². The van der Waals surface area contributed by atoms with Gasteiger partial charge in [-0.2, -0.15) is 5.26 Å². The van der Waals surface area contributed by atoms with E-state index in [4.69, 9.17) is 17.5 Å². The molecule has 0 radical (unpaired) electrons. The van der Waals surface area contributed by atoms with Crippen molar-refractivity contribution in [2.75, 3.05) is 32.7 Å². The van der Waals surface area contributed by atoms with E-state index in [1.165, 1.54) is 0 Å². The van der Waals surface area contributed by atoms with Crippen LogP contribution in [0, 0.1) is 11.3 Å². The summed E-state index contributed by atoms with van der Waals surface area (Å²) in [5, 5.41) is 12.0. The van der Waals surface area contributed by atoms with Gasteiger partial charge in [-0.15, -0.1) is 0 Å². The second-order valence-electron chi connectivity index (χ2n) is 6.44. The second kappa shape index (κ2) is 9.26. The monoisotopic (exact) mass is 378 g/mol. The summed E-state index contributed by atoms with van der Waals surface area (Å²) >= 11 is 5.40. The molecule has 0 bridgehead atoms. The highest BCUT2D eigenvalue weighted by molar-refractivity contribution is 7.80. The molecule has 0 atom stereocenters. The number of benzene rings is 2. The number of amides is 1. The van der Waals surface area contributed by atoms with E-state index < -0.39 is 0 Å². The zero-order chi connectivity index (χ0) is 19.1. The van der Waals surface area contributed by atoms with Gasteiger partial charge in [-0.1, -0.05) is 42.5 Å². The van der Waals surface area contributed by atoms with Gasteiger partial charge in [-0.25, -0.2) is 0 Å². The summed E-state index contributed by atoms with van der Waals surface area (Å²) in [7, 11) is 0. The van der Waals surface area contributed by atoms with Gasteiger partial charge in [-0.3, -0.25) is 15.0 Å². The number of piperazine rings is 1. The average molecular weight is 379 g/mol. The number of nitrogens with one attached hydrogen (secondary N) is 1. The minimum atomic E-state index is -0.188. The van der Waals surface area contributed by atoms with Crippen LogP contribution in [0.15, 0.2) is 54.6 Å². The van der Waals surface area contributed by atoms with Gasteiger partial charge in [0.1, 0.15) is 0 Å².